The Bertz CT molecular complexity index is 909. The van der Waals surface area contributed by atoms with Crippen LogP contribution in [-0.4, -0.2) is 4.98 Å². The smallest absolute Gasteiger partial charge is 0.293 e. The van der Waals surface area contributed by atoms with E-state index in [1.54, 1.807) is 17.4 Å². The molecule has 0 aliphatic rings. The Morgan fingerprint density at radius 1 is 1.17 bits per heavy atom. The number of oxazole rings is 1. The minimum atomic E-state index is 0.142. The van der Waals surface area contributed by atoms with E-state index in [0.717, 1.165) is 15.5 Å². The van der Waals surface area contributed by atoms with E-state index in [2.05, 4.69) is 17.1 Å². The van der Waals surface area contributed by atoms with Crippen molar-refractivity contribution in [3.63, 3.8) is 0 Å². The summed E-state index contributed by atoms with van der Waals surface area (Å²) in [5, 5.41) is 2.95. The van der Waals surface area contributed by atoms with E-state index < -0.39 is 0 Å². The van der Waals surface area contributed by atoms with Crippen molar-refractivity contribution in [3.8, 4) is 0 Å². The average molecular weight is 294 g/mol. The molecule has 0 bridgehead atoms. The number of benzene rings is 2. The molecule has 4 aromatic rings. The number of fused-ring (bicyclic) bond motifs is 5. The molecule has 0 aliphatic carbocycles. The second-order valence-corrected chi connectivity index (χ2v) is 5.76. The monoisotopic (exact) mass is 293 g/mol. The van der Waals surface area contributed by atoms with Crippen LogP contribution in [0.25, 0.3) is 31.3 Å². The Morgan fingerprint density at radius 2 is 2.00 bits per heavy atom. The molecule has 2 aromatic heterocycles. The van der Waals surface area contributed by atoms with Gasteiger partial charge in [-0.05, 0) is 23.7 Å². The summed E-state index contributed by atoms with van der Waals surface area (Å²) in [6.45, 7) is 0. The summed E-state index contributed by atoms with van der Waals surface area (Å²) in [6, 6.07) is 9.93. The molecule has 2 aromatic carbocycles. The van der Waals surface area contributed by atoms with Crippen LogP contribution < -0.4 is 0 Å². The molecule has 2 heterocycles. The fourth-order valence-corrected chi connectivity index (χ4v) is 3.80. The molecule has 88 valence electrons. The number of hydrogen-bond acceptors (Lipinski definition) is 3. The Balaban J connectivity index is 2.40. The normalized spacial score (nSPS) is 11.9. The maximum atomic E-state index is 6.30. The van der Waals surface area contributed by atoms with Gasteiger partial charge in [-0.15, -0.1) is 11.3 Å². The minimum absolute atomic E-state index is 0.142. The summed E-state index contributed by atoms with van der Waals surface area (Å²) in [5.74, 6) is 0. The third kappa shape index (κ3) is 1.32. The first-order chi connectivity index (χ1) is 8.74. The van der Waals surface area contributed by atoms with Crippen molar-refractivity contribution >= 4 is 65.8 Å². The number of thiophene rings is 1. The van der Waals surface area contributed by atoms with Crippen LogP contribution >= 0.6 is 34.5 Å². The SMILES string of the molecule is Clc1nc2cc(Cl)c3sc4ccccc4c3c2o1. The fourth-order valence-electron chi connectivity index (χ4n) is 2.21. The van der Waals surface area contributed by atoms with Crippen molar-refractivity contribution in [2.45, 2.75) is 0 Å². The molecule has 0 radical (unpaired) electrons. The first kappa shape index (κ1) is 10.6. The van der Waals surface area contributed by atoms with Gasteiger partial charge < -0.3 is 4.42 Å². The maximum Gasteiger partial charge on any atom is 0.293 e. The van der Waals surface area contributed by atoms with E-state index in [9.17, 15) is 0 Å². The van der Waals surface area contributed by atoms with Gasteiger partial charge in [-0.25, -0.2) is 0 Å². The van der Waals surface area contributed by atoms with Crippen molar-refractivity contribution in [2.75, 3.05) is 0 Å². The molecule has 2 nitrogen and oxygen atoms in total. The molecule has 0 aliphatic heterocycles. The van der Waals surface area contributed by atoms with Crippen molar-refractivity contribution in [3.05, 3.63) is 40.7 Å². The summed E-state index contributed by atoms with van der Waals surface area (Å²) in [7, 11) is 0. The zero-order valence-corrected chi connectivity index (χ0v) is 11.2. The van der Waals surface area contributed by atoms with Crippen LogP contribution in [0.1, 0.15) is 0 Å². The zero-order chi connectivity index (χ0) is 12.3. The molecule has 0 saturated heterocycles. The molecule has 0 amide bonds. The van der Waals surface area contributed by atoms with Crippen molar-refractivity contribution in [1.29, 1.82) is 0 Å². The lowest BCUT2D eigenvalue weighted by atomic mass is 10.1. The summed E-state index contributed by atoms with van der Waals surface area (Å²) in [5.41, 5.74) is 1.40. The van der Waals surface area contributed by atoms with Gasteiger partial charge in [-0.3, -0.25) is 0 Å². The van der Waals surface area contributed by atoms with Gasteiger partial charge in [-0.1, -0.05) is 29.8 Å². The quantitative estimate of drug-likeness (QED) is 0.428. The Morgan fingerprint density at radius 3 is 2.89 bits per heavy atom. The second-order valence-electron chi connectivity index (χ2n) is 3.98. The molecule has 0 saturated carbocycles. The van der Waals surface area contributed by atoms with Crippen LogP contribution in [0.4, 0.5) is 0 Å². The molecule has 0 fully saturated rings. The molecule has 0 N–H and O–H groups in total. The highest BCUT2D eigenvalue weighted by Crippen LogP contribution is 2.42. The standard InChI is InChI=1S/C13H5Cl2NOS/c14-7-5-8-11(17-13(15)16-8)10-6-3-1-2-4-9(6)18-12(7)10/h1-5H. The molecule has 0 unspecified atom stereocenters. The molecular formula is C13H5Cl2NOS. The van der Waals surface area contributed by atoms with Crippen LogP contribution in [0, 0.1) is 0 Å². The van der Waals surface area contributed by atoms with E-state index in [4.69, 9.17) is 27.6 Å². The largest absolute Gasteiger partial charge is 0.427 e. The van der Waals surface area contributed by atoms with Gasteiger partial charge >= 0.3 is 0 Å². The molecule has 18 heavy (non-hydrogen) atoms. The predicted octanol–water partition coefficient (Wildman–Crippen LogP) is 5.50. The number of aromatic nitrogens is 1. The predicted molar refractivity (Wildman–Crippen MR) is 76.9 cm³/mol. The van der Waals surface area contributed by atoms with E-state index in [0.29, 0.717) is 16.1 Å². The summed E-state index contributed by atoms with van der Waals surface area (Å²) in [4.78, 5) is 4.13. The van der Waals surface area contributed by atoms with Gasteiger partial charge in [-0.2, -0.15) is 4.98 Å². The number of nitrogens with zero attached hydrogens (tertiary/aromatic N) is 1. The number of halogens is 2. The Hall–Kier alpha value is -1.29. The Labute approximate surface area is 116 Å². The van der Waals surface area contributed by atoms with Gasteiger partial charge in [0.2, 0.25) is 0 Å². The van der Waals surface area contributed by atoms with E-state index in [-0.39, 0.29) is 5.35 Å². The van der Waals surface area contributed by atoms with E-state index >= 15 is 0 Å². The lowest BCUT2D eigenvalue weighted by Crippen LogP contribution is -1.72. The highest BCUT2D eigenvalue weighted by atomic mass is 35.5. The molecule has 0 spiro atoms. The van der Waals surface area contributed by atoms with Crippen molar-refractivity contribution in [1.82, 2.24) is 4.98 Å². The number of rotatable bonds is 0. The van der Waals surface area contributed by atoms with Gasteiger partial charge in [0.1, 0.15) is 5.52 Å². The van der Waals surface area contributed by atoms with E-state index in [1.165, 1.54) is 4.70 Å². The summed E-state index contributed by atoms with van der Waals surface area (Å²) < 4.78 is 7.69. The first-order valence-electron chi connectivity index (χ1n) is 5.30. The van der Waals surface area contributed by atoms with Crippen molar-refractivity contribution < 1.29 is 4.42 Å². The fraction of sp³-hybridized carbons (Fsp3) is 0. The second kappa shape index (κ2) is 3.60. The van der Waals surface area contributed by atoms with Crippen LogP contribution in [-0.2, 0) is 0 Å². The highest BCUT2D eigenvalue weighted by Gasteiger charge is 2.16. The van der Waals surface area contributed by atoms with Gasteiger partial charge in [0.25, 0.3) is 5.35 Å². The molecule has 5 heteroatoms. The minimum Gasteiger partial charge on any atom is -0.427 e. The molecular weight excluding hydrogens is 289 g/mol. The number of hydrogen-bond donors (Lipinski definition) is 0. The van der Waals surface area contributed by atoms with Gasteiger partial charge in [0.15, 0.2) is 5.58 Å². The molecule has 0 atom stereocenters. The summed E-state index contributed by atoms with van der Waals surface area (Å²) in [6.07, 6.45) is 0. The first-order valence-corrected chi connectivity index (χ1v) is 6.87. The van der Waals surface area contributed by atoms with E-state index in [1.807, 2.05) is 12.1 Å². The highest BCUT2D eigenvalue weighted by molar-refractivity contribution is 7.26. The van der Waals surface area contributed by atoms with Crippen LogP contribution in [0.2, 0.25) is 10.4 Å². The van der Waals surface area contributed by atoms with Gasteiger partial charge in [0, 0.05) is 15.5 Å². The summed E-state index contributed by atoms with van der Waals surface area (Å²) >= 11 is 13.8. The van der Waals surface area contributed by atoms with Crippen LogP contribution in [0.15, 0.2) is 34.7 Å². The van der Waals surface area contributed by atoms with Gasteiger partial charge in [0.05, 0.1) is 9.72 Å². The topological polar surface area (TPSA) is 26.0 Å². The Kier molecular flexibility index (Phi) is 2.13. The lowest BCUT2D eigenvalue weighted by Gasteiger charge is -1.94. The third-order valence-corrected chi connectivity index (χ3v) is 4.71. The maximum absolute atomic E-state index is 6.30. The molecule has 4 rings (SSSR count). The third-order valence-electron chi connectivity index (χ3n) is 2.93. The van der Waals surface area contributed by atoms with Crippen molar-refractivity contribution in [2.24, 2.45) is 0 Å². The zero-order valence-electron chi connectivity index (χ0n) is 8.91. The van der Waals surface area contributed by atoms with Crippen LogP contribution in [0.5, 0.6) is 0 Å². The lowest BCUT2D eigenvalue weighted by molar-refractivity contribution is 0.608. The average Bonchev–Trinajstić information content (AvgIpc) is 2.89. The van der Waals surface area contributed by atoms with Crippen LogP contribution in [0.3, 0.4) is 0 Å².